The molecule has 1 amide bonds. The first kappa shape index (κ1) is 31.5. The second-order valence-corrected chi connectivity index (χ2v) is 12.2. The van der Waals surface area contributed by atoms with E-state index < -0.39 is 12.0 Å². The second kappa shape index (κ2) is 16.3. The van der Waals surface area contributed by atoms with Crippen molar-refractivity contribution in [3.8, 4) is 11.1 Å². The Hall–Kier alpha value is -2.02. The van der Waals surface area contributed by atoms with Crippen LogP contribution in [0.3, 0.4) is 0 Å². The van der Waals surface area contributed by atoms with Crippen LogP contribution in [0.25, 0.3) is 11.1 Å². The molecule has 5 nitrogen and oxygen atoms in total. The molecule has 2 aromatic carbocycles. The Kier molecular flexibility index (Phi) is 13.2. The van der Waals surface area contributed by atoms with E-state index in [0.717, 1.165) is 41.1 Å². The molecule has 39 heavy (non-hydrogen) atoms. The number of aliphatic carboxylic acids is 1. The maximum atomic E-state index is 13.3. The van der Waals surface area contributed by atoms with E-state index >= 15 is 0 Å². The number of nitrogens with one attached hydrogen (secondary N) is 2. The lowest BCUT2D eigenvalue weighted by Gasteiger charge is -2.35. The summed E-state index contributed by atoms with van der Waals surface area (Å²) in [5.41, 5.74) is 4.47. The van der Waals surface area contributed by atoms with Gasteiger partial charge in [-0.3, -0.25) is 4.79 Å². The Balaban J connectivity index is 1.82. The number of carboxylic acid groups (broad SMARTS) is 1. The van der Waals surface area contributed by atoms with E-state index in [1.165, 1.54) is 32.1 Å². The van der Waals surface area contributed by atoms with Crippen molar-refractivity contribution in [2.24, 2.45) is 17.8 Å². The zero-order valence-electron chi connectivity index (χ0n) is 23.7. The zero-order chi connectivity index (χ0) is 28.2. The van der Waals surface area contributed by atoms with Crippen molar-refractivity contribution < 1.29 is 14.7 Å². The van der Waals surface area contributed by atoms with Crippen molar-refractivity contribution >= 4 is 35.2 Å². The van der Waals surface area contributed by atoms with Gasteiger partial charge in [0.1, 0.15) is 6.04 Å². The van der Waals surface area contributed by atoms with E-state index in [-0.39, 0.29) is 5.91 Å². The van der Waals surface area contributed by atoms with Gasteiger partial charge in [0.05, 0.1) is 0 Å². The van der Waals surface area contributed by atoms with Crippen LogP contribution >= 0.6 is 23.4 Å². The van der Waals surface area contributed by atoms with Crippen molar-refractivity contribution in [2.45, 2.75) is 71.4 Å². The molecule has 1 aliphatic rings. The number of alkyl halides is 1. The average molecular weight is 573 g/mol. The molecule has 214 valence electrons. The standard InChI is InChI=1S/C32H45ClN2O3S/c1-4-24(19-33)29(25-11-6-5-7-12-25)21-34-20-23-14-15-27(28(18-23)26-13-9-8-10-22(26)2)31(36)35-30(32(37)38)16-17-39-3/h8-10,13-15,18,24-25,29-30,34H,4-7,11-12,16-17,19-21H2,1-3H3,(H,35,36)(H,37,38)/t24?,29?,30-/m0/s1. The van der Waals surface area contributed by atoms with Gasteiger partial charge in [0.25, 0.3) is 5.91 Å². The molecule has 0 radical (unpaired) electrons. The van der Waals surface area contributed by atoms with Gasteiger partial charge in [-0.1, -0.05) is 75.8 Å². The van der Waals surface area contributed by atoms with Crippen LogP contribution in [0.15, 0.2) is 42.5 Å². The smallest absolute Gasteiger partial charge is 0.326 e. The van der Waals surface area contributed by atoms with Crippen molar-refractivity contribution in [3.05, 3.63) is 59.2 Å². The molecule has 2 aromatic rings. The van der Waals surface area contributed by atoms with E-state index in [1.54, 1.807) is 11.8 Å². The van der Waals surface area contributed by atoms with Crippen molar-refractivity contribution in [1.82, 2.24) is 10.6 Å². The zero-order valence-corrected chi connectivity index (χ0v) is 25.3. The Morgan fingerprint density at radius 2 is 1.85 bits per heavy atom. The summed E-state index contributed by atoms with van der Waals surface area (Å²) in [5, 5.41) is 16.1. The highest BCUT2D eigenvalue weighted by atomic mass is 35.5. The highest BCUT2D eigenvalue weighted by Crippen LogP contribution is 2.35. The number of amides is 1. The molecule has 7 heteroatoms. The van der Waals surface area contributed by atoms with Gasteiger partial charge in [-0.05, 0) is 84.0 Å². The number of hydrogen-bond acceptors (Lipinski definition) is 4. The largest absolute Gasteiger partial charge is 0.480 e. The molecular weight excluding hydrogens is 528 g/mol. The fourth-order valence-electron chi connectivity index (χ4n) is 5.92. The summed E-state index contributed by atoms with van der Waals surface area (Å²) in [6, 6.07) is 13.0. The van der Waals surface area contributed by atoms with Crippen molar-refractivity contribution in [2.75, 3.05) is 24.4 Å². The molecule has 3 atom stereocenters. The summed E-state index contributed by atoms with van der Waals surface area (Å²) in [6.07, 6.45) is 10.0. The van der Waals surface area contributed by atoms with E-state index in [9.17, 15) is 14.7 Å². The third kappa shape index (κ3) is 8.99. The third-order valence-electron chi connectivity index (χ3n) is 8.27. The summed E-state index contributed by atoms with van der Waals surface area (Å²) in [6.45, 7) is 5.92. The average Bonchev–Trinajstić information content (AvgIpc) is 2.95. The minimum atomic E-state index is -1.01. The van der Waals surface area contributed by atoms with Crippen LogP contribution in [0.4, 0.5) is 0 Å². The van der Waals surface area contributed by atoms with Crippen molar-refractivity contribution in [3.63, 3.8) is 0 Å². The van der Waals surface area contributed by atoms with Crippen LogP contribution in [0.1, 0.15) is 73.4 Å². The van der Waals surface area contributed by atoms with Gasteiger partial charge in [-0.15, -0.1) is 11.6 Å². The lowest BCUT2D eigenvalue weighted by molar-refractivity contribution is -0.139. The fraction of sp³-hybridized carbons (Fsp3) is 0.562. The molecule has 1 saturated carbocycles. The number of rotatable bonds is 15. The molecule has 0 bridgehead atoms. The molecule has 0 aromatic heterocycles. The SMILES string of the molecule is CCC(CCl)C(CNCc1ccc(C(=O)N[C@@H](CCSC)C(=O)O)c(-c2ccccc2C)c1)C1CCCCC1. The van der Waals surface area contributed by atoms with Gasteiger partial charge in [-0.2, -0.15) is 11.8 Å². The number of halogens is 1. The van der Waals surface area contributed by atoms with Crippen LogP contribution in [-0.4, -0.2) is 47.5 Å². The van der Waals surface area contributed by atoms with Gasteiger partial charge >= 0.3 is 5.97 Å². The third-order valence-corrected chi connectivity index (χ3v) is 9.31. The van der Waals surface area contributed by atoms with Gasteiger partial charge in [0, 0.05) is 18.0 Å². The molecule has 3 N–H and O–H groups in total. The van der Waals surface area contributed by atoms with E-state index in [0.29, 0.717) is 42.0 Å². The minimum Gasteiger partial charge on any atom is -0.480 e. The lowest BCUT2D eigenvalue weighted by Crippen LogP contribution is -2.41. The minimum absolute atomic E-state index is 0.355. The lowest BCUT2D eigenvalue weighted by atomic mass is 9.73. The molecule has 3 rings (SSSR count). The Bertz CT molecular complexity index is 1070. The van der Waals surface area contributed by atoms with Gasteiger partial charge < -0.3 is 15.7 Å². The first-order valence-electron chi connectivity index (χ1n) is 14.4. The number of aryl methyl sites for hydroxylation is 1. The molecular formula is C32H45ClN2O3S. The number of thioether (sulfide) groups is 1. The summed E-state index contributed by atoms with van der Waals surface area (Å²) in [7, 11) is 0. The summed E-state index contributed by atoms with van der Waals surface area (Å²) in [5.74, 6) is 1.83. The fourth-order valence-corrected chi connectivity index (χ4v) is 6.83. The van der Waals surface area contributed by atoms with Gasteiger partial charge in [0.15, 0.2) is 0 Å². The molecule has 0 heterocycles. The Morgan fingerprint density at radius 1 is 1.10 bits per heavy atom. The maximum Gasteiger partial charge on any atom is 0.326 e. The number of carbonyl (C=O) groups excluding carboxylic acids is 1. The number of hydrogen-bond donors (Lipinski definition) is 3. The molecule has 0 spiro atoms. The summed E-state index contributed by atoms with van der Waals surface area (Å²) >= 11 is 7.98. The number of benzene rings is 2. The van der Waals surface area contributed by atoms with Crippen LogP contribution < -0.4 is 10.6 Å². The molecule has 1 aliphatic carbocycles. The highest BCUT2D eigenvalue weighted by molar-refractivity contribution is 7.98. The summed E-state index contributed by atoms with van der Waals surface area (Å²) < 4.78 is 0. The van der Waals surface area contributed by atoms with Gasteiger partial charge in [0.2, 0.25) is 0 Å². The van der Waals surface area contributed by atoms with Crippen LogP contribution in [0.5, 0.6) is 0 Å². The summed E-state index contributed by atoms with van der Waals surface area (Å²) in [4.78, 5) is 25.1. The Labute approximate surface area is 243 Å². The predicted octanol–water partition coefficient (Wildman–Crippen LogP) is 7.15. The Morgan fingerprint density at radius 3 is 2.49 bits per heavy atom. The van der Waals surface area contributed by atoms with Crippen LogP contribution in [0, 0.1) is 24.7 Å². The topological polar surface area (TPSA) is 78.4 Å². The predicted molar refractivity (Wildman–Crippen MR) is 165 cm³/mol. The molecule has 2 unspecified atom stereocenters. The highest BCUT2D eigenvalue weighted by Gasteiger charge is 2.29. The first-order chi connectivity index (χ1) is 18.9. The quantitative estimate of drug-likeness (QED) is 0.197. The van der Waals surface area contributed by atoms with Crippen LogP contribution in [-0.2, 0) is 11.3 Å². The van der Waals surface area contributed by atoms with E-state index in [2.05, 4.69) is 23.6 Å². The van der Waals surface area contributed by atoms with Crippen LogP contribution in [0.2, 0.25) is 0 Å². The number of carboxylic acids is 1. The maximum absolute atomic E-state index is 13.3. The normalized spacial score (nSPS) is 16.4. The molecule has 1 fully saturated rings. The van der Waals surface area contributed by atoms with Gasteiger partial charge in [-0.25, -0.2) is 4.79 Å². The molecule has 0 saturated heterocycles. The monoisotopic (exact) mass is 572 g/mol. The number of carbonyl (C=O) groups is 2. The van der Waals surface area contributed by atoms with E-state index in [1.807, 2.05) is 49.6 Å². The van der Waals surface area contributed by atoms with E-state index in [4.69, 9.17) is 11.6 Å². The molecule has 0 aliphatic heterocycles. The second-order valence-electron chi connectivity index (χ2n) is 10.9. The van der Waals surface area contributed by atoms with Crippen molar-refractivity contribution in [1.29, 1.82) is 0 Å². The first-order valence-corrected chi connectivity index (χ1v) is 16.3.